The van der Waals surface area contributed by atoms with E-state index in [1.54, 1.807) is 18.0 Å². The van der Waals surface area contributed by atoms with Gasteiger partial charge in [0.25, 0.3) is 0 Å². The van der Waals surface area contributed by atoms with Crippen LogP contribution in [0.25, 0.3) is 0 Å². The molecule has 0 bridgehead atoms. The van der Waals surface area contributed by atoms with Gasteiger partial charge in [0.05, 0.1) is 11.9 Å². The van der Waals surface area contributed by atoms with Crippen LogP contribution in [0.1, 0.15) is 18.1 Å². The molecule has 3 aromatic rings. The van der Waals surface area contributed by atoms with Gasteiger partial charge in [-0.2, -0.15) is 0 Å². The molecule has 0 saturated carbocycles. The van der Waals surface area contributed by atoms with Crippen molar-refractivity contribution >= 4 is 22.5 Å². The summed E-state index contributed by atoms with van der Waals surface area (Å²) in [6, 6.07) is 26.4. The summed E-state index contributed by atoms with van der Waals surface area (Å²) in [7, 11) is 0. The van der Waals surface area contributed by atoms with Crippen molar-refractivity contribution in [3.8, 4) is 5.75 Å². The summed E-state index contributed by atoms with van der Waals surface area (Å²) >= 11 is 1.63. The van der Waals surface area contributed by atoms with Crippen molar-refractivity contribution in [3.05, 3.63) is 102 Å². The molecule has 3 heteroatoms. The van der Waals surface area contributed by atoms with E-state index < -0.39 is 0 Å². The van der Waals surface area contributed by atoms with Crippen LogP contribution in [0.5, 0.6) is 5.75 Å². The molecule has 0 N–H and O–H groups in total. The largest absolute Gasteiger partial charge is 0.465 e. The molecule has 0 atom stereocenters. The molecule has 0 aliphatic carbocycles. The Kier molecular flexibility index (Phi) is 6.50. The highest BCUT2D eigenvalue weighted by atomic mass is 32.2. The van der Waals surface area contributed by atoms with Crippen molar-refractivity contribution in [3.63, 3.8) is 0 Å². The summed E-state index contributed by atoms with van der Waals surface area (Å²) < 4.78 is 5.90. The lowest BCUT2D eigenvalue weighted by atomic mass is 10.1. The Bertz CT molecular complexity index is 947. The van der Waals surface area contributed by atoms with E-state index in [-0.39, 0.29) is 0 Å². The van der Waals surface area contributed by atoms with Crippen molar-refractivity contribution in [2.24, 2.45) is 4.99 Å². The van der Waals surface area contributed by atoms with Crippen LogP contribution >= 0.6 is 11.8 Å². The molecule has 0 amide bonds. The molecule has 0 spiro atoms. The molecule has 3 rings (SSSR count). The normalized spacial score (nSPS) is 12.1. The Hall–Kier alpha value is -2.78. The molecule has 0 heterocycles. The lowest BCUT2D eigenvalue weighted by Gasteiger charge is -2.09. The lowest BCUT2D eigenvalue weighted by molar-refractivity contribution is 0.478. The van der Waals surface area contributed by atoms with E-state index in [4.69, 9.17) is 9.73 Å². The summed E-state index contributed by atoms with van der Waals surface area (Å²) in [6.45, 7) is 6.21. The molecule has 0 aromatic heterocycles. The number of benzene rings is 3. The van der Waals surface area contributed by atoms with E-state index in [9.17, 15) is 0 Å². The van der Waals surface area contributed by atoms with Crippen molar-refractivity contribution in [2.75, 3.05) is 0 Å². The van der Waals surface area contributed by atoms with E-state index in [2.05, 4.69) is 38.1 Å². The maximum Gasteiger partial charge on any atom is 0.126 e. The van der Waals surface area contributed by atoms with E-state index in [0.29, 0.717) is 0 Å². The topological polar surface area (TPSA) is 21.6 Å². The van der Waals surface area contributed by atoms with Crippen LogP contribution in [0.3, 0.4) is 0 Å². The molecule has 136 valence electrons. The van der Waals surface area contributed by atoms with Gasteiger partial charge in [-0.15, -0.1) is 0 Å². The van der Waals surface area contributed by atoms with E-state index >= 15 is 0 Å². The maximum absolute atomic E-state index is 5.90. The first-order valence-electron chi connectivity index (χ1n) is 8.89. The van der Waals surface area contributed by atoms with E-state index in [0.717, 1.165) is 26.9 Å². The maximum atomic E-state index is 5.90. The minimum Gasteiger partial charge on any atom is -0.465 e. The van der Waals surface area contributed by atoms with Crippen LogP contribution in [-0.2, 0) is 0 Å². The first kappa shape index (κ1) is 19.0. The molecule has 0 fully saturated rings. The smallest absolute Gasteiger partial charge is 0.126 e. The van der Waals surface area contributed by atoms with Crippen molar-refractivity contribution in [1.82, 2.24) is 0 Å². The van der Waals surface area contributed by atoms with E-state index in [1.807, 2.05) is 61.5 Å². The van der Waals surface area contributed by atoms with Gasteiger partial charge in [0.2, 0.25) is 0 Å². The number of ether oxygens (including phenoxy) is 1. The zero-order chi connectivity index (χ0) is 19.1. The average molecular weight is 374 g/mol. The highest BCUT2D eigenvalue weighted by Crippen LogP contribution is 2.27. The molecular formula is C24H23NOS. The lowest BCUT2D eigenvalue weighted by Crippen LogP contribution is -1.97. The van der Waals surface area contributed by atoms with Crippen LogP contribution in [-0.4, -0.2) is 5.04 Å². The van der Waals surface area contributed by atoms with Crippen molar-refractivity contribution < 1.29 is 4.74 Å². The fraction of sp³-hybridized carbons (Fsp3) is 0.125. The van der Waals surface area contributed by atoms with Gasteiger partial charge in [-0.3, -0.25) is 0 Å². The second kappa shape index (κ2) is 9.24. The fourth-order valence-electron chi connectivity index (χ4n) is 2.41. The first-order chi connectivity index (χ1) is 13.1. The third kappa shape index (κ3) is 5.60. The minimum atomic E-state index is 0.834. The SMILES string of the molecule is CC(=C\Oc1ccc(C)c(C)c1)/C(=N/c1ccccc1)Sc1ccccc1. The Balaban J connectivity index is 1.86. The molecule has 0 saturated heterocycles. The van der Waals surface area contributed by atoms with Crippen molar-refractivity contribution in [2.45, 2.75) is 25.7 Å². The summed E-state index contributed by atoms with van der Waals surface area (Å²) in [5, 5.41) is 0.913. The highest BCUT2D eigenvalue weighted by molar-refractivity contribution is 8.14. The van der Waals surface area contributed by atoms with Gasteiger partial charge in [0, 0.05) is 10.5 Å². The second-order valence-corrected chi connectivity index (χ2v) is 7.39. The fourth-order valence-corrected chi connectivity index (χ4v) is 3.28. The monoisotopic (exact) mass is 373 g/mol. The highest BCUT2D eigenvalue weighted by Gasteiger charge is 2.07. The number of para-hydroxylation sites is 1. The number of aliphatic imine (C=N–C) groups is 1. The number of thioether (sulfide) groups is 1. The number of hydrogen-bond donors (Lipinski definition) is 0. The van der Waals surface area contributed by atoms with Crippen LogP contribution in [0.4, 0.5) is 5.69 Å². The summed E-state index contributed by atoms with van der Waals surface area (Å²) in [5.41, 5.74) is 4.38. The Morgan fingerprint density at radius 2 is 1.52 bits per heavy atom. The van der Waals surface area contributed by atoms with E-state index in [1.165, 1.54) is 11.1 Å². The summed E-state index contributed by atoms with van der Waals surface area (Å²) in [4.78, 5) is 5.97. The third-order valence-corrected chi connectivity index (χ3v) is 5.25. The van der Waals surface area contributed by atoms with Crippen LogP contribution < -0.4 is 4.74 Å². The quantitative estimate of drug-likeness (QED) is 0.206. The molecule has 0 radical (unpaired) electrons. The van der Waals surface area contributed by atoms with Gasteiger partial charge in [-0.25, -0.2) is 4.99 Å². The Labute approximate surface area is 165 Å². The number of aryl methyl sites for hydroxylation is 2. The molecule has 2 nitrogen and oxygen atoms in total. The van der Waals surface area contributed by atoms with Gasteiger partial charge in [0.15, 0.2) is 0 Å². The predicted octanol–water partition coefficient (Wildman–Crippen LogP) is 7.11. The van der Waals surface area contributed by atoms with Crippen LogP contribution in [0, 0.1) is 13.8 Å². The Morgan fingerprint density at radius 3 is 2.19 bits per heavy atom. The van der Waals surface area contributed by atoms with Gasteiger partial charge in [-0.1, -0.05) is 54.2 Å². The summed E-state index contributed by atoms with van der Waals surface area (Å²) in [6.07, 6.45) is 1.78. The molecule has 3 aromatic carbocycles. The molecule has 0 aliphatic rings. The third-order valence-electron chi connectivity index (χ3n) is 4.13. The number of rotatable bonds is 5. The number of nitrogens with zero attached hydrogens (tertiary/aromatic N) is 1. The average Bonchev–Trinajstić information content (AvgIpc) is 2.70. The van der Waals surface area contributed by atoms with Gasteiger partial charge >= 0.3 is 0 Å². The van der Waals surface area contributed by atoms with Gasteiger partial charge in [-0.05, 0) is 68.3 Å². The molecular weight excluding hydrogens is 350 g/mol. The Morgan fingerprint density at radius 1 is 0.852 bits per heavy atom. The summed E-state index contributed by atoms with van der Waals surface area (Å²) in [5.74, 6) is 0.834. The second-order valence-electron chi connectivity index (χ2n) is 6.33. The van der Waals surface area contributed by atoms with Gasteiger partial charge in [0.1, 0.15) is 10.8 Å². The van der Waals surface area contributed by atoms with Crippen LogP contribution in [0.2, 0.25) is 0 Å². The minimum absolute atomic E-state index is 0.834. The predicted molar refractivity (Wildman–Crippen MR) is 116 cm³/mol. The number of hydrogen-bond acceptors (Lipinski definition) is 3. The zero-order valence-electron chi connectivity index (χ0n) is 15.8. The zero-order valence-corrected chi connectivity index (χ0v) is 16.7. The molecule has 0 aliphatic heterocycles. The standard InChI is InChI=1S/C24H23NOS/c1-18-14-15-22(16-19(18)2)26-17-20(3)24(25-21-10-6-4-7-11-21)27-23-12-8-5-9-13-23/h4-17H,1-3H3/b20-17+,25-24-. The molecule has 0 unspecified atom stereocenters. The first-order valence-corrected chi connectivity index (χ1v) is 9.71. The van der Waals surface area contributed by atoms with Gasteiger partial charge < -0.3 is 4.74 Å². The van der Waals surface area contributed by atoms with Crippen molar-refractivity contribution in [1.29, 1.82) is 0 Å². The molecule has 27 heavy (non-hydrogen) atoms. The van der Waals surface area contributed by atoms with Crippen LogP contribution in [0.15, 0.2) is 101 Å².